The molecule has 3 N–H and O–H groups in total. The summed E-state index contributed by atoms with van der Waals surface area (Å²) in [6.07, 6.45) is 4.81. The number of piperidine rings is 1. The summed E-state index contributed by atoms with van der Waals surface area (Å²) in [4.78, 5) is 35.4. The van der Waals surface area contributed by atoms with Gasteiger partial charge in [0, 0.05) is 35.4 Å². The van der Waals surface area contributed by atoms with Crippen LogP contribution in [0.5, 0.6) is 0 Å². The molecule has 0 spiro atoms. The number of ether oxygens (including phenoxy) is 2. The summed E-state index contributed by atoms with van der Waals surface area (Å²) in [6, 6.07) is 9.23. The second-order valence-corrected chi connectivity index (χ2v) is 14.7. The van der Waals surface area contributed by atoms with Crippen LogP contribution in [0.15, 0.2) is 36.5 Å². The standard InChI is InChI=1S/C33H47N7O4/c1-31(2,3)43-29(41)38(19-21-10-9-11-23(34)16-21)27-17-26(37-28-25(22-12-13-22)18-35-40(27)28)36-24-14-15-33(7,8)39(20-24)30(42)44-32(4,5)6/h9-11,16-18,22,24H,12-15,19-20,34H2,1-8H3,(H,36,37)/t24-/m0/s1. The lowest BCUT2D eigenvalue weighted by atomic mass is 9.88. The van der Waals surface area contributed by atoms with Crippen molar-refractivity contribution in [1.29, 1.82) is 0 Å². The molecule has 2 amide bonds. The van der Waals surface area contributed by atoms with E-state index in [2.05, 4.69) is 19.2 Å². The van der Waals surface area contributed by atoms with E-state index in [-0.39, 0.29) is 24.2 Å². The number of amides is 2. The molecule has 238 valence electrons. The van der Waals surface area contributed by atoms with Gasteiger partial charge in [-0.25, -0.2) is 14.6 Å². The Morgan fingerprint density at radius 3 is 2.41 bits per heavy atom. The summed E-state index contributed by atoms with van der Waals surface area (Å²) in [5.74, 6) is 1.52. The monoisotopic (exact) mass is 605 g/mol. The van der Waals surface area contributed by atoms with E-state index in [9.17, 15) is 9.59 Å². The highest BCUT2D eigenvalue weighted by Crippen LogP contribution is 2.42. The van der Waals surface area contributed by atoms with Gasteiger partial charge in [-0.15, -0.1) is 0 Å². The van der Waals surface area contributed by atoms with E-state index in [1.54, 1.807) is 14.3 Å². The predicted octanol–water partition coefficient (Wildman–Crippen LogP) is 6.72. The predicted molar refractivity (Wildman–Crippen MR) is 172 cm³/mol. The van der Waals surface area contributed by atoms with Crippen LogP contribution >= 0.6 is 0 Å². The third kappa shape index (κ3) is 7.36. The third-order valence-electron chi connectivity index (χ3n) is 7.88. The number of fused-ring (bicyclic) bond motifs is 1. The molecule has 1 saturated carbocycles. The van der Waals surface area contributed by atoms with Gasteiger partial charge in [-0.3, -0.25) is 4.90 Å². The first-order chi connectivity index (χ1) is 20.5. The van der Waals surface area contributed by atoms with Crippen LogP contribution in [0.4, 0.5) is 26.9 Å². The van der Waals surface area contributed by atoms with Gasteiger partial charge >= 0.3 is 12.2 Å². The van der Waals surface area contributed by atoms with Crippen LogP contribution in [-0.4, -0.2) is 61.0 Å². The molecule has 1 aliphatic carbocycles. The fraction of sp³-hybridized carbons (Fsp3) is 0.576. The van der Waals surface area contributed by atoms with Gasteiger partial charge in [-0.05, 0) is 105 Å². The normalized spacial score (nSPS) is 18.6. The first-order valence-electron chi connectivity index (χ1n) is 15.5. The summed E-state index contributed by atoms with van der Waals surface area (Å²) in [5.41, 5.74) is 7.67. The highest BCUT2D eigenvalue weighted by molar-refractivity contribution is 5.88. The Bertz CT molecular complexity index is 1530. The minimum absolute atomic E-state index is 0.0745. The van der Waals surface area contributed by atoms with Gasteiger partial charge in [0.15, 0.2) is 5.65 Å². The van der Waals surface area contributed by atoms with Gasteiger partial charge in [-0.2, -0.15) is 9.61 Å². The molecule has 11 heteroatoms. The van der Waals surface area contributed by atoms with Crippen molar-refractivity contribution in [3.05, 3.63) is 47.7 Å². The van der Waals surface area contributed by atoms with Gasteiger partial charge in [0.1, 0.15) is 22.8 Å². The Balaban J connectivity index is 1.53. The Labute approximate surface area is 260 Å². The zero-order valence-corrected chi connectivity index (χ0v) is 27.3. The first kappa shape index (κ1) is 31.4. The molecule has 1 atom stereocenters. The average Bonchev–Trinajstić information content (AvgIpc) is 3.64. The van der Waals surface area contributed by atoms with E-state index in [0.717, 1.165) is 36.8 Å². The molecule has 2 aromatic heterocycles. The zero-order valence-electron chi connectivity index (χ0n) is 27.3. The van der Waals surface area contributed by atoms with E-state index in [4.69, 9.17) is 25.3 Å². The average molecular weight is 606 g/mol. The van der Waals surface area contributed by atoms with Crippen LogP contribution in [0.25, 0.3) is 5.65 Å². The molecule has 3 heterocycles. The van der Waals surface area contributed by atoms with Crippen molar-refractivity contribution >= 4 is 35.2 Å². The number of benzene rings is 1. The van der Waals surface area contributed by atoms with Gasteiger partial charge in [-0.1, -0.05) is 12.1 Å². The number of anilines is 3. The topological polar surface area (TPSA) is 127 Å². The van der Waals surface area contributed by atoms with E-state index in [0.29, 0.717) is 35.4 Å². The summed E-state index contributed by atoms with van der Waals surface area (Å²) < 4.78 is 13.4. The molecule has 2 aliphatic rings. The largest absolute Gasteiger partial charge is 0.444 e. The molecule has 2 fully saturated rings. The molecule has 11 nitrogen and oxygen atoms in total. The van der Waals surface area contributed by atoms with Gasteiger partial charge < -0.3 is 25.4 Å². The number of nitrogens with two attached hydrogens (primary N) is 1. The number of carbonyl (C=O) groups excluding carboxylic acids is 2. The van der Waals surface area contributed by atoms with Crippen LogP contribution < -0.4 is 16.0 Å². The number of nitrogens with zero attached hydrogens (tertiary/aromatic N) is 5. The van der Waals surface area contributed by atoms with Gasteiger partial charge in [0.25, 0.3) is 0 Å². The minimum Gasteiger partial charge on any atom is -0.444 e. The number of aromatic nitrogens is 3. The van der Waals surface area contributed by atoms with Crippen LogP contribution in [0, 0.1) is 0 Å². The lowest BCUT2D eigenvalue weighted by Gasteiger charge is -2.45. The first-order valence-corrected chi connectivity index (χ1v) is 15.5. The number of carbonyl (C=O) groups is 2. The minimum atomic E-state index is -0.707. The van der Waals surface area contributed by atoms with Crippen LogP contribution in [0.2, 0.25) is 0 Å². The number of hydrogen-bond acceptors (Lipinski definition) is 8. The SMILES string of the molecule is CC(C)(C)OC(=O)N(Cc1cccc(N)c1)c1cc(N[C@H]2CCC(C)(C)N(C(=O)OC(C)(C)C)C2)nc2c(C3CC3)cnn12. The van der Waals surface area contributed by atoms with Crippen molar-refractivity contribution in [2.75, 3.05) is 22.5 Å². The van der Waals surface area contributed by atoms with Gasteiger partial charge in [0.2, 0.25) is 0 Å². The molecule has 1 aliphatic heterocycles. The second-order valence-electron chi connectivity index (χ2n) is 14.7. The number of rotatable bonds is 6. The quantitative estimate of drug-likeness (QED) is 0.297. The van der Waals surface area contributed by atoms with E-state index in [1.165, 1.54) is 0 Å². The number of likely N-dealkylation sites (tertiary alicyclic amines) is 1. The lowest BCUT2D eigenvalue weighted by molar-refractivity contribution is -0.00828. The van der Waals surface area contributed by atoms with Crippen LogP contribution in [-0.2, 0) is 16.0 Å². The highest BCUT2D eigenvalue weighted by Gasteiger charge is 2.40. The van der Waals surface area contributed by atoms with Gasteiger partial charge in [0.05, 0.1) is 12.7 Å². The lowest BCUT2D eigenvalue weighted by Crippen LogP contribution is -2.57. The maximum atomic E-state index is 13.8. The van der Waals surface area contributed by atoms with E-state index in [1.807, 2.05) is 78.1 Å². The molecule has 5 rings (SSSR count). The fourth-order valence-corrected chi connectivity index (χ4v) is 5.53. The van der Waals surface area contributed by atoms with Crippen molar-refractivity contribution in [2.45, 2.75) is 116 Å². The van der Waals surface area contributed by atoms with Crippen LogP contribution in [0.3, 0.4) is 0 Å². The second kappa shape index (κ2) is 11.5. The van der Waals surface area contributed by atoms with Crippen LogP contribution in [0.1, 0.15) is 98.1 Å². The molecule has 1 saturated heterocycles. The summed E-state index contributed by atoms with van der Waals surface area (Å²) in [6.45, 7) is 16.0. The molecule has 1 aromatic carbocycles. The Morgan fingerprint density at radius 2 is 1.77 bits per heavy atom. The van der Waals surface area contributed by atoms with Crippen molar-refractivity contribution in [2.24, 2.45) is 0 Å². The van der Waals surface area contributed by atoms with E-state index >= 15 is 0 Å². The molecule has 0 unspecified atom stereocenters. The highest BCUT2D eigenvalue weighted by atomic mass is 16.6. The molecule has 44 heavy (non-hydrogen) atoms. The summed E-state index contributed by atoms with van der Waals surface area (Å²) >= 11 is 0. The molecule has 0 bridgehead atoms. The Morgan fingerprint density at radius 1 is 1.07 bits per heavy atom. The number of nitrogen functional groups attached to an aromatic ring is 1. The smallest absolute Gasteiger partial charge is 0.416 e. The molecule has 3 aromatic rings. The molecule has 0 radical (unpaired) electrons. The zero-order chi connectivity index (χ0) is 32.0. The number of hydrogen-bond donors (Lipinski definition) is 2. The molecular weight excluding hydrogens is 558 g/mol. The third-order valence-corrected chi connectivity index (χ3v) is 7.88. The maximum absolute atomic E-state index is 13.8. The maximum Gasteiger partial charge on any atom is 0.416 e. The Kier molecular flexibility index (Phi) is 8.20. The number of nitrogens with one attached hydrogen (secondary N) is 1. The van der Waals surface area contributed by atoms with Crippen molar-refractivity contribution in [3.63, 3.8) is 0 Å². The van der Waals surface area contributed by atoms with Crippen molar-refractivity contribution in [1.82, 2.24) is 19.5 Å². The van der Waals surface area contributed by atoms with Crippen molar-refractivity contribution < 1.29 is 19.1 Å². The molecular formula is C33H47N7O4. The summed E-state index contributed by atoms with van der Waals surface area (Å²) in [5, 5.41) is 8.29. The van der Waals surface area contributed by atoms with E-state index < -0.39 is 17.3 Å². The fourth-order valence-electron chi connectivity index (χ4n) is 5.53. The summed E-state index contributed by atoms with van der Waals surface area (Å²) in [7, 11) is 0. The Hall–Kier alpha value is -4.02. The van der Waals surface area contributed by atoms with Crippen molar-refractivity contribution in [3.8, 4) is 0 Å².